The van der Waals surface area contributed by atoms with E-state index in [9.17, 15) is 33.9 Å². The van der Waals surface area contributed by atoms with Gasteiger partial charge in [-0.1, -0.05) is 40.7 Å². The maximum Gasteiger partial charge on any atom is 0.358 e. The van der Waals surface area contributed by atoms with Crippen LogP contribution in [-0.4, -0.2) is 89.3 Å². The largest absolute Gasteiger partial charge is 0.428 e. The Morgan fingerprint density at radius 3 is 2.10 bits per heavy atom. The number of rotatable bonds is 17. The predicted molar refractivity (Wildman–Crippen MR) is 186 cm³/mol. The Morgan fingerprint density at radius 1 is 0.941 bits per heavy atom. The smallest absolute Gasteiger partial charge is 0.358 e. The van der Waals surface area contributed by atoms with Gasteiger partial charge in [0.1, 0.15) is 5.70 Å². The van der Waals surface area contributed by atoms with Crippen LogP contribution in [0.15, 0.2) is 34.9 Å². The average Bonchev–Trinajstić information content (AvgIpc) is 3.66. The molecule has 0 bridgehead atoms. The molecule has 14 nitrogen and oxygen atoms in total. The van der Waals surface area contributed by atoms with Crippen molar-refractivity contribution in [3.8, 4) is 0 Å². The van der Waals surface area contributed by atoms with E-state index < -0.39 is 61.6 Å². The summed E-state index contributed by atoms with van der Waals surface area (Å²) in [4.78, 5) is 78.6. The highest BCUT2D eigenvalue weighted by molar-refractivity contribution is 8.03. The Hall–Kier alpha value is -3.95. The molecule has 1 aromatic rings. The van der Waals surface area contributed by atoms with Crippen LogP contribution >= 0.6 is 11.8 Å². The van der Waals surface area contributed by atoms with Gasteiger partial charge in [0.25, 0.3) is 0 Å². The fourth-order valence-corrected chi connectivity index (χ4v) is 8.18. The SMILES string of the molecule is CCC(CC)C(=O)OCOC(=O)C1=C(S[C@@H]2CN[C@H](C(=O)Nc3cccc(C(=O)OCOC(=O)C(CC)CC)c3)C2)[C@H](C)[C@@H]2[C@@H]([C@@H](C)O)C(=O)N12. The molecule has 1 aromatic carbocycles. The fourth-order valence-electron chi connectivity index (χ4n) is 6.71. The van der Waals surface area contributed by atoms with Gasteiger partial charge in [0.05, 0.1) is 41.5 Å². The number of hydrogen-bond acceptors (Lipinski definition) is 13. The minimum absolute atomic E-state index is 0.0693. The zero-order chi connectivity index (χ0) is 37.4. The number of ether oxygens (including phenoxy) is 4. The standard InChI is InChI=1S/C36H49N3O11S/c1-7-21(8-2)33(43)47-17-49-35(45)23-12-11-13-24(14-23)38-31(41)26-15-25(16-37-26)51-30-19(5)28-27(20(6)40)32(42)39(28)29(30)36(46)50-18-48-34(44)22(9-3)10-4/h11-14,19-22,25-28,37,40H,7-10,15-18H2,1-6H3,(H,38,41)/t19-,20-,25+,26+,27-,28-/m1/s1. The molecule has 4 rings (SSSR count). The van der Waals surface area contributed by atoms with Gasteiger partial charge in [0, 0.05) is 28.3 Å². The first kappa shape index (κ1) is 39.8. The number of nitrogens with zero attached hydrogens (tertiary/aromatic N) is 1. The van der Waals surface area contributed by atoms with E-state index in [1.54, 1.807) is 19.1 Å². The second-order valence-electron chi connectivity index (χ2n) is 13.0. The number of thioether (sulfide) groups is 1. The molecule has 0 unspecified atom stereocenters. The molecule has 3 aliphatic heterocycles. The summed E-state index contributed by atoms with van der Waals surface area (Å²) in [5.74, 6) is -4.65. The minimum Gasteiger partial charge on any atom is -0.428 e. The summed E-state index contributed by atoms with van der Waals surface area (Å²) in [6.07, 6.45) is 1.90. The van der Waals surface area contributed by atoms with Gasteiger partial charge >= 0.3 is 23.9 Å². The Labute approximate surface area is 302 Å². The minimum atomic E-state index is -0.915. The van der Waals surface area contributed by atoms with E-state index in [0.29, 0.717) is 49.2 Å². The summed E-state index contributed by atoms with van der Waals surface area (Å²) < 4.78 is 20.7. The van der Waals surface area contributed by atoms with Crippen LogP contribution in [-0.2, 0) is 42.9 Å². The topological polar surface area (TPSA) is 187 Å². The molecule has 0 aromatic heterocycles. The van der Waals surface area contributed by atoms with Crippen LogP contribution in [0, 0.1) is 23.7 Å². The highest BCUT2D eigenvalue weighted by Gasteiger charge is 2.60. The number of carbonyl (C=O) groups excluding carboxylic acids is 6. The number of benzene rings is 1. The number of hydrogen-bond donors (Lipinski definition) is 3. The van der Waals surface area contributed by atoms with Crippen LogP contribution in [0.4, 0.5) is 5.69 Å². The Balaban J connectivity index is 1.37. The van der Waals surface area contributed by atoms with E-state index >= 15 is 0 Å². The van der Waals surface area contributed by atoms with Crippen molar-refractivity contribution >= 4 is 53.1 Å². The van der Waals surface area contributed by atoms with Gasteiger partial charge in [-0.05, 0) is 57.2 Å². The van der Waals surface area contributed by atoms with E-state index in [-0.39, 0.29) is 46.1 Å². The second-order valence-corrected chi connectivity index (χ2v) is 14.4. The summed E-state index contributed by atoms with van der Waals surface area (Å²) in [6, 6.07) is 5.19. The Kier molecular flexibility index (Phi) is 14.1. The van der Waals surface area contributed by atoms with Crippen LogP contribution in [0.3, 0.4) is 0 Å². The van der Waals surface area contributed by atoms with Crippen LogP contribution in [0.1, 0.15) is 84.0 Å². The molecule has 0 aliphatic carbocycles. The first-order chi connectivity index (χ1) is 24.4. The number of carbonyl (C=O) groups is 6. The van der Waals surface area contributed by atoms with Gasteiger partial charge in [-0.25, -0.2) is 9.59 Å². The average molecular weight is 732 g/mol. The summed E-state index contributed by atoms with van der Waals surface area (Å²) in [5.41, 5.74) is 0.608. The number of aliphatic hydroxyl groups is 1. The molecule has 0 saturated carbocycles. The highest BCUT2D eigenvalue weighted by Crippen LogP contribution is 2.52. The summed E-state index contributed by atoms with van der Waals surface area (Å²) in [5, 5.41) is 16.2. The molecule has 280 valence electrons. The monoisotopic (exact) mass is 731 g/mol. The Morgan fingerprint density at radius 2 is 1.53 bits per heavy atom. The van der Waals surface area contributed by atoms with Crippen LogP contribution in [0.5, 0.6) is 0 Å². The van der Waals surface area contributed by atoms with E-state index in [1.165, 1.54) is 28.8 Å². The van der Waals surface area contributed by atoms with Gasteiger partial charge in [0.15, 0.2) is 0 Å². The number of esters is 4. The molecule has 2 saturated heterocycles. The number of amides is 2. The molecule has 51 heavy (non-hydrogen) atoms. The quantitative estimate of drug-likeness (QED) is 0.120. The summed E-state index contributed by atoms with van der Waals surface area (Å²) in [6.45, 7) is 10.2. The molecule has 0 radical (unpaired) electrons. The Bertz CT molecular complexity index is 1510. The van der Waals surface area contributed by atoms with Crippen LogP contribution in [0.2, 0.25) is 0 Å². The first-order valence-corrected chi connectivity index (χ1v) is 18.5. The van der Waals surface area contributed by atoms with Crippen molar-refractivity contribution in [2.24, 2.45) is 23.7 Å². The second kappa shape index (κ2) is 18.0. The molecular weight excluding hydrogens is 682 g/mol. The van der Waals surface area contributed by atoms with Gasteiger partial charge in [-0.2, -0.15) is 0 Å². The maximum absolute atomic E-state index is 13.4. The zero-order valence-corrected chi connectivity index (χ0v) is 30.8. The van der Waals surface area contributed by atoms with Crippen LogP contribution < -0.4 is 10.6 Å². The van der Waals surface area contributed by atoms with E-state index in [2.05, 4.69) is 10.6 Å². The summed E-state index contributed by atoms with van der Waals surface area (Å²) >= 11 is 1.38. The zero-order valence-electron chi connectivity index (χ0n) is 30.0. The molecule has 2 amide bonds. The number of β-lactam (4-membered cyclic amide) rings is 1. The van der Waals surface area contributed by atoms with Gasteiger partial charge < -0.3 is 39.6 Å². The normalized spacial score (nSPS) is 23.1. The molecule has 3 N–H and O–H groups in total. The van der Waals surface area contributed by atoms with Crippen molar-refractivity contribution in [2.45, 2.75) is 97.1 Å². The molecule has 0 spiro atoms. The molecule has 15 heteroatoms. The highest BCUT2D eigenvalue weighted by atomic mass is 32.2. The van der Waals surface area contributed by atoms with Crippen molar-refractivity contribution < 1.29 is 52.8 Å². The van der Waals surface area contributed by atoms with Crippen molar-refractivity contribution in [1.82, 2.24) is 10.2 Å². The predicted octanol–water partition coefficient (Wildman–Crippen LogP) is 3.73. The maximum atomic E-state index is 13.4. The van der Waals surface area contributed by atoms with Gasteiger partial charge in [-0.3, -0.25) is 19.2 Å². The van der Waals surface area contributed by atoms with E-state index in [0.717, 1.165) is 0 Å². The molecule has 3 heterocycles. The number of fused-ring (bicyclic) bond motifs is 1. The lowest BCUT2D eigenvalue weighted by atomic mass is 9.79. The number of aliphatic hydroxyl groups excluding tert-OH is 1. The van der Waals surface area contributed by atoms with Gasteiger partial charge in [0.2, 0.25) is 25.4 Å². The van der Waals surface area contributed by atoms with E-state index in [4.69, 9.17) is 18.9 Å². The van der Waals surface area contributed by atoms with Crippen molar-refractivity contribution in [3.05, 3.63) is 40.4 Å². The van der Waals surface area contributed by atoms with E-state index in [1.807, 2.05) is 34.6 Å². The lowest BCUT2D eigenvalue weighted by Gasteiger charge is -2.46. The third-order valence-corrected chi connectivity index (χ3v) is 11.3. The van der Waals surface area contributed by atoms with Crippen molar-refractivity contribution in [3.63, 3.8) is 0 Å². The lowest BCUT2D eigenvalue weighted by Crippen LogP contribution is -2.63. The fraction of sp³-hybridized carbons (Fsp3) is 0.611. The molecular formula is C36H49N3O11S. The number of nitrogens with one attached hydrogen (secondary N) is 2. The third-order valence-electron chi connectivity index (χ3n) is 9.79. The van der Waals surface area contributed by atoms with Crippen LogP contribution in [0.25, 0.3) is 0 Å². The molecule has 3 aliphatic rings. The van der Waals surface area contributed by atoms with Gasteiger partial charge in [-0.15, -0.1) is 11.8 Å². The first-order valence-electron chi connectivity index (χ1n) is 17.6. The molecule has 6 atom stereocenters. The van der Waals surface area contributed by atoms with Crippen molar-refractivity contribution in [2.75, 3.05) is 25.4 Å². The lowest BCUT2D eigenvalue weighted by molar-refractivity contribution is -0.173. The summed E-state index contributed by atoms with van der Waals surface area (Å²) in [7, 11) is 0. The number of anilines is 1. The third kappa shape index (κ3) is 9.11. The molecule has 2 fully saturated rings. The van der Waals surface area contributed by atoms with Crippen molar-refractivity contribution in [1.29, 1.82) is 0 Å².